The van der Waals surface area contributed by atoms with Crippen molar-refractivity contribution >= 4 is 5.69 Å². The van der Waals surface area contributed by atoms with E-state index in [4.69, 9.17) is 4.74 Å². The highest BCUT2D eigenvalue weighted by Gasteiger charge is 2.14. The molecule has 0 spiro atoms. The first-order valence-electron chi connectivity index (χ1n) is 6.79. The molecule has 1 saturated heterocycles. The van der Waals surface area contributed by atoms with Crippen LogP contribution in [-0.2, 0) is 6.54 Å². The maximum atomic E-state index is 5.54. The molecule has 4 nitrogen and oxygen atoms in total. The fraction of sp³-hybridized carbons (Fsp3) is 0.467. The zero-order chi connectivity index (χ0) is 13.5. The molecule has 1 aromatic rings. The summed E-state index contributed by atoms with van der Waals surface area (Å²) < 4.78 is 5.54. The van der Waals surface area contributed by atoms with E-state index in [0.717, 1.165) is 45.0 Å². The van der Waals surface area contributed by atoms with Crippen LogP contribution in [0.15, 0.2) is 30.9 Å². The van der Waals surface area contributed by atoms with Crippen LogP contribution in [0, 0.1) is 0 Å². The number of hydrogen-bond acceptors (Lipinski definition) is 4. The zero-order valence-electron chi connectivity index (χ0n) is 11.6. The first kappa shape index (κ1) is 13.9. The van der Waals surface area contributed by atoms with Gasteiger partial charge in [0.2, 0.25) is 0 Å². The molecule has 104 valence electrons. The van der Waals surface area contributed by atoms with Crippen molar-refractivity contribution in [2.75, 3.05) is 44.7 Å². The van der Waals surface area contributed by atoms with Crippen molar-refractivity contribution < 1.29 is 4.74 Å². The van der Waals surface area contributed by atoms with Gasteiger partial charge in [-0.1, -0.05) is 12.1 Å². The summed E-state index contributed by atoms with van der Waals surface area (Å²) in [5.41, 5.74) is 2.43. The minimum Gasteiger partial charge on any atom is -0.495 e. The molecule has 1 aromatic carbocycles. The Bertz CT molecular complexity index is 414. The first-order chi connectivity index (χ1) is 9.35. The summed E-state index contributed by atoms with van der Waals surface area (Å²) >= 11 is 0. The molecule has 0 amide bonds. The number of anilines is 1. The van der Waals surface area contributed by atoms with Crippen molar-refractivity contribution in [2.24, 2.45) is 0 Å². The average Bonchev–Trinajstić information content (AvgIpc) is 2.48. The number of hydrogen-bond donors (Lipinski definition) is 2. The fourth-order valence-corrected chi connectivity index (χ4v) is 2.32. The van der Waals surface area contributed by atoms with Crippen LogP contribution in [-0.4, -0.2) is 39.8 Å². The van der Waals surface area contributed by atoms with E-state index in [1.807, 2.05) is 6.08 Å². The van der Waals surface area contributed by atoms with Gasteiger partial charge < -0.3 is 20.3 Å². The second-order valence-electron chi connectivity index (χ2n) is 4.66. The average molecular weight is 261 g/mol. The molecule has 0 atom stereocenters. The van der Waals surface area contributed by atoms with E-state index in [9.17, 15) is 0 Å². The van der Waals surface area contributed by atoms with Crippen LogP contribution in [0.5, 0.6) is 5.75 Å². The van der Waals surface area contributed by atoms with Crippen molar-refractivity contribution in [3.63, 3.8) is 0 Å². The highest BCUT2D eigenvalue weighted by Crippen LogP contribution is 2.29. The SMILES string of the molecule is C=CCNCc1ccc(N2CCNCC2)c(OC)c1. The molecule has 0 aromatic heterocycles. The number of methoxy groups -OCH3 is 1. The van der Waals surface area contributed by atoms with Crippen molar-refractivity contribution in [3.8, 4) is 5.75 Å². The Kier molecular flexibility index (Phi) is 5.24. The lowest BCUT2D eigenvalue weighted by atomic mass is 10.1. The third-order valence-electron chi connectivity index (χ3n) is 3.32. The molecular formula is C15H23N3O. The van der Waals surface area contributed by atoms with E-state index < -0.39 is 0 Å². The summed E-state index contributed by atoms with van der Waals surface area (Å²) in [7, 11) is 1.74. The lowest BCUT2D eigenvalue weighted by Gasteiger charge is -2.30. The van der Waals surface area contributed by atoms with Gasteiger partial charge in [0.15, 0.2) is 0 Å². The molecule has 0 aliphatic carbocycles. The van der Waals surface area contributed by atoms with Gasteiger partial charge >= 0.3 is 0 Å². The number of nitrogens with zero attached hydrogens (tertiary/aromatic N) is 1. The molecule has 2 rings (SSSR count). The Balaban J connectivity index is 2.08. The van der Waals surface area contributed by atoms with Gasteiger partial charge in [0.25, 0.3) is 0 Å². The Morgan fingerprint density at radius 3 is 2.89 bits per heavy atom. The van der Waals surface area contributed by atoms with E-state index in [1.54, 1.807) is 7.11 Å². The molecule has 1 aliphatic heterocycles. The van der Waals surface area contributed by atoms with Gasteiger partial charge in [-0.3, -0.25) is 0 Å². The van der Waals surface area contributed by atoms with Crippen LogP contribution in [0.1, 0.15) is 5.56 Å². The molecule has 1 aliphatic rings. The normalized spacial score (nSPS) is 15.3. The third kappa shape index (κ3) is 3.72. The second-order valence-corrected chi connectivity index (χ2v) is 4.66. The van der Waals surface area contributed by atoms with Gasteiger partial charge in [0.1, 0.15) is 5.75 Å². The minimum atomic E-state index is 0.821. The largest absolute Gasteiger partial charge is 0.495 e. The maximum Gasteiger partial charge on any atom is 0.142 e. The van der Waals surface area contributed by atoms with Crippen LogP contribution >= 0.6 is 0 Å². The van der Waals surface area contributed by atoms with E-state index in [-0.39, 0.29) is 0 Å². The first-order valence-corrected chi connectivity index (χ1v) is 6.79. The molecule has 19 heavy (non-hydrogen) atoms. The second kappa shape index (κ2) is 7.16. The summed E-state index contributed by atoms with van der Waals surface area (Å²) in [5.74, 6) is 0.958. The number of benzene rings is 1. The summed E-state index contributed by atoms with van der Waals surface area (Å²) in [4.78, 5) is 2.37. The highest BCUT2D eigenvalue weighted by atomic mass is 16.5. The quantitative estimate of drug-likeness (QED) is 0.599. The van der Waals surface area contributed by atoms with Crippen molar-refractivity contribution in [1.82, 2.24) is 10.6 Å². The highest BCUT2D eigenvalue weighted by molar-refractivity contribution is 5.60. The molecule has 2 N–H and O–H groups in total. The lowest BCUT2D eigenvalue weighted by Crippen LogP contribution is -2.43. The molecule has 0 radical (unpaired) electrons. The van der Waals surface area contributed by atoms with Crippen molar-refractivity contribution in [3.05, 3.63) is 36.4 Å². The van der Waals surface area contributed by atoms with Crippen LogP contribution in [0.2, 0.25) is 0 Å². The van der Waals surface area contributed by atoms with Crippen LogP contribution in [0.25, 0.3) is 0 Å². The lowest BCUT2D eigenvalue weighted by molar-refractivity contribution is 0.412. The standard InChI is InChI=1S/C15H23N3O/c1-3-6-17-12-13-4-5-14(15(11-13)19-2)18-9-7-16-8-10-18/h3-5,11,16-17H,1,6-10,12H2,2H3. The molecular weight excluding hydrogens is 238 g/mol. The monoisotopic (exact) mass is 261 g/mol. The zero-order valence-corrected chi connectivity index (χ0v) is 11.6. The van der Waals surface area contributed by atoms with Crippen molar-refractivity contribution in [1.29, 1.82) is 0 Å². The number of ether oxygens (including phenoxy) is 1. The van der Waals surface area contributed by atoms with Gasteiger partial charge in [0.05, 0.1) is 12.8 Å². The van der Waals surface area contributed by atoms with Gasteiger partial charge in [-0.05, 0) is 17.7 Å². The van der Waals surface area contributed by atoms with Crippen LogP contribution in [0.4, 0.5) is 5.69 Å². The van der Waals surface area contributed by atoms with Crippen LogP contribution < -0.4 is 20.3 Å². The van der Waals surface area contributed by atoms with Gasteiger partial charge in [-0.25, -0.2) is 0 Å². The molecule has 0 saturated carbocycles. The minimum absolute atomic E-state index is 0.821. The van der Waals surface area contributed by atoms with Gasteiger partial charge in [-0.15, -0.1) is 6.58 Å². The predicted molar refractivity (Wildman–Crippen MR) is 80.0 cm³/mol. The Labute approximate surface area is 115 Å². The molecule has 0 unspecified atom stereocenters. The Morgan fingerprint density at radius 1 is 1.42 bits per heavy atom. The van der Waals surface area contributed by atoms with E-state index >= 15 is 0 Å². The smallest absolute Gasteiger partial charge is 0.142 e. The summed E-state index contributed by atoms with van der Waals surface area (Å²) in [5, 5.41) is 6.67. The topological polar surface area (TPSA) is 36.5 Å². The summed E-state index contributed by atoms with van der Waals surface area (Å²) in [6.07, 6.45) is 1.87. The van der Waals surface area contributed by atoms with E-state index in [1.165, 1.54) is 11.3 Å². The number of rotatable bonds is 6. The van der Waals surface area contributed by atoms with Gasteiger partial charge in [0, 0.05) is 39.3 Å². The molecule has 1 heterocycles. The number of piperazine rings is 1. The predicted octanol–water partition coefficient (Wildman–Crippen LogP) is 1.38. The van der Waals surface area contributed by atoms with E-state index in [0.29, 0.717) is 0 Å². The Morgan fingerprint density at radius 2 is 2.21 bits per heavy atom. The maximum absolute atomic E-state index is 5.54. The summed E-state index contributed by atoms with van der Waals surface area (Å²) in [6.45, 7) is 9.49. The Hall–Kier alpha value is -1.52. The molecule has 0 bridgehead atoms. The van der Waals surface area contributed by atoms with Crippen molar-refractivity contribution in [2.45, 2.75) is 6.54 Å². The van der Waals surface area contributed by atoms with Gasteiger partial charge in [-0.2, -0.15) is 0 Å². The third-order valence-corrected chi connectivity index (χ3v) is 3.32. The van der Waals surface area contributed by atoms with E-state index in [2.05, 4.69) is 40.3 Å². The molecule has 1 fully saturated rings. The summed E-state index contributed by atoms with van der Waals surface area (Å²) in [6, 6.07) is 6.44. The molecule has 4 heteroatoms. The van der Waals surface area contributed by atoms with Crippen LogP contribution in [0.3, 0.4) is 0 Å². The number of nitrogens with one attached hydrogen (secondary N) is 2. The fourth-order valence-electron chi connectivity index (χ4n) is 2.32.